The van der Waals surface area contributed by atoms with Crippen LogP contribution in [0.15, 0.2) is 218 Å². The Labute approximate surface area is 471 Å². The van der Waals surface area contributed by atoms with Crippen LogP contribution in [0.4, 0.5) is 34.1 Å². The third-order valence-corrected chi connectivity index (χ3v) is 18.4. The van der Waals surface area contributed by atoms with Gasteiger partial charge in [0.15, 0.2) is 0 Å². The molecule has 0 aromatic heterocycles. The first-order valence-electron chi connectivity index (χ1n) is 29.0. The molecule has 2 nitrogen and oxygen atoms in total. The summed E-state index contributed by atoms with van der Waals surface area (Å²) in [6, 6.07) is 66.8. The number of allylic oxidation sites excluding steroid dienone is 8. The van der Waals surface area contributed by atoms with Gasteiger partial charge in [0.2, 0.25) is 0 Å². The van der Waals surface area contributed by atoms with Crippen molar-refractivity contribution in [2.24, 2.45) is 11.8 Å². The minimum absolute atomic E-state index is 0.0285. The van der Waals surface area contributed by atoms with Crippen LogP contribution in [0, 0.1) is 11.8 Å². The molecule has 0 amide bonds. The summed E-state index contributed by atoms with van der Waals surface area (Å²) >= 11 is 0. The summed E-state index contributed by atoms with van der Waals surface area (Å²) in [6.07, 6.45) is 19.0. The first kappa shape index (κ1) is 50.8. The highest BCUT2D eigenvalue weighted by Crippen LogP contribution is 2.66. The van der Waals surface area contributed by atoms with E-state index in [-0.39, 0.29) is 27.6 Å². The Hall–Kier alpha value is -7.68. The van der Waals surface area contributed by atoms with Crippen molar-refractivity contribution in [1.82, 2.24) is 0 Å². The van der Waals surface area contributed by atoms with Gasteiger partial charge in [-0.05, 0) is 190 Å². The fourth-order valence-corrected chi connectivity index (χ4v) is 14.0. The standard InChI is InChI=1S/C77H76N2/c1-73(2,3)49-25-33-53(34-26-49)78(54-35-27-50(28-36-54)74(4,5)6)57-41-43-64-65-44-42-58(79(55-37-29-51(30-38-55)75(7,8)9)56-39-31-52(32-40-56)76(10,11)12)46-71(65)77(70(64)45-57)69-24-18-17-23-63(69)68-47-66-61-21-15-13-19-59(61)60-20-14-16-22-62(60)67(66)48-72(68)77/h13-48,59-62H,1-12H3. The molecular weight excluding hydrogens is 953 g/mol. The van der Waals surface area contributed by atoms with Crippen LogP contribution in [0.2, 0.25) is 0 Å². The number of hydrogen-bond donors (Lipinski definition) is 0. The molecule has 0 saturated carbocycles. The van der Waals surface area contributed by atoms with Crippen LogP contribution in [0.5, 0.6) is 0 Å². The van der Waals surface area contributed by atoms with Gasteiger partial charge in [0.05, 0.1) is 5.41 Å². The Morgan fingerprint density at radius 1 is 0.291 bits per heavy atom. The van der Waals surface area contributed by atoms with Gasteiger partial charge < -0.3 is 9.80 Å². The first-order chi connectivity index (χ1) is 37.7. The smallest absolute Gasteiger partial charge is 0.0727 e. The van der Waals surface area contributed by atoms with Crippen molar-refractivity contribution in [1.29, 1.82) is 0 Å². The predicted molar refractivity (Wildman–Crippen MR) is 336 cm³/mol. The number of nitrogens with zero attached hydrogens (tertiary/aromatic N) is 2. The minimum atomic E-state index is -0.643. The average molecular weight is 1030 g/mol. The maximum atomic E-state index is 2.69. The van der Waals surface area contributed by atoms with Crippen molar-refractivity contribution < 1.29 is 0 Å². The molecule has 0 saturated heterocycles. The molecule has 1 spiro atoms. The SMILES string of the molecule is CC(C)(C)c1ccc(N(c2ccc(C(C)(C)C)cc2)c2ccc3c(c2)C2(c4ccccc4-c4cc5c(cc42)C2C=CC=CC2C2C=CC=CC52)c2cc(N(c4ccc(C(C)(C)C)cc4)c4ccc(C(C)(C)C)cc4)ccc2-3)cc1. The summed E-state index contributed by atoms with van der Waals surface area (Å²) in [6.45, 7) is 27.6. The molecule has 394 valence electrons. The van der Waals surface area contributed by atoms with Gasteiger partial charge in [-0.1, -0.05) is 223 Å². The summed E-state index contributed by atoms with van der Waals surface area (Å²) in [5.74, 6) is 1.37. The molecule has 2 heteroatoms. The van der Waals surface area contributed by atoms with Crippen LogP contribution in [0.1, 0.15) is 151 Å². The molecule has 0 N–H and O–H groups in total. The zero-order chi connectivity index (χ0) is 55.0. The van der Waals surface area contributed by atoms with Gasteiger partial charge in [-0.15, -0.1) is 0 Å². The van der Waals surface area contributed by atoms with Gasteiger partial charge in [0, 0.05) is 46.0 Å². The second-order valence-electron chi connectivity index (χ2n) is 27.4. The summed E-state index contributed by atoms with van der Waals surface area (Å²) in [5.41, 5.74) is 25.1. The Morgan fingerprint density at radius 3 is 0.987 bits per heavy atom. The normalized spacial score (nSPS) is 19.0. The summed E-state index contributed by atoms with van der Waals surface area (Å²) in [7, 11) is 0. The van der Waals surface area contributed by atoms with Crippen LogP contribution in [-0.4, -0.2) is 0 Å². The highest BCUT2D eigenvalue weighted by Gasteiger charge is 2.54. The molecule has 5 aliphatic rings. The third kappa shape index (κ3) is 8.26. The van der Waals surface area contributed by atoms with Crippen LogP contribution < -0.4 is 9.80 Å². The highest BCUT2D eigenvalue weighted by molar-refractivity contribution is 5.98. The Morgan fingerprint density at radius 2 is 0.608 bits per heavy atom. The molecule has 4 atom stereocenters. The van der Waals surface area contributed by atoms with Gasteiger partial charge in [0.1, 0.15) is 0 Å². The van der Waals surface area contributed by atoms with E-state index in [1.807, 2.05) is 0 Å². The van der Waals surface area contributed by atoms with E-state index in [4.69, 9.17) is 0 Å². The molecule has 0 heterocycles. The van der Waals surface area contributed by atoms with Crippen molar-refractivity contribution in [2.75, 3.05) is 9.80 Å². The van der Waals surface area contributed by atoms with Crippen LogP contribution in [0.25, 0.3) is 22.3 Å². The van der Waals surface area contributed by atoms with E-state index >= 15 is 0 Å². The fraction of sp³-hybridized carbons (Fsp3) is 0.273. The molecule has 5 aliphatic carbocycles. The Balaban J connectivity index is 1.08. The molecule has 0 bridgehead atoms. The highest BCUT2D eigenvalue weighted by atomic mass is 15.1. The molecule has 8 aromatic rings. The Bertz CT molecular complexity index is 3530. The third-order valence-electron chi connectivity index (χ3n) is 18.4. The zero-order valence-corrected chi connectivity index (χ0v) is 48.5. The Kier molecular flexibility index (Phi) is 11.7. The molecule has 8 aromatic carbocycles. The minimum Gasteiger partial charge on any atom is -0.310 e. The van der Waals surface area contributed by atoms with Gasteiger partial charge >= 0.3 is 0 Å². The zero-order valence-electron chi connectivity index (χ0n) is 48.5. The molecule has 13 rings (SSSR count). The second kappa shape index (κ2) is 18.2. The maximum Gasteiger partial charge on any atom is 0.0727 e. The van der Waals surface area contributed by atoms with Gasteiger partial charge in [0.25, 0.3) is 0 Å². The molecule has 0 aliphatic heterocycles. The van der Waals surface area contributed by atoms with E-state index in [0.717, 1.165) is 34.1 Å². The number of hydrogen-bond acceptors (Lipinski definition) is 2. The largest absolute Gasteiger partial charge is 0.310 e. The van der Waals surface area contributed by atoms with Crippen molar-refractivity contribution >= 4 is 34.1 Å². The fourth-order valence-electron chi connectivity index (χ4n) is 14.0. The summed E-state index contributed by atoms with van der Waals surface area (Å²) in [4.78, 5) is 4.99. The first-order valence-corrected chi connectivity index (χ1v) is 29.0. The summed E-state index contributed by atoms with van der Waals surface area (Å²) < 4.78 is 0. The van der Waals surface area contributed by atoms with E-state index in [1.54, 1.807) is 0 Å². The lowest BCUT2D eigenvalue weighted by Crippen LogP contribution is -2.32. The van der Waals surface area contributed by atoms with Gasteiger partial charge in [-0.25, -0.2) is 0 Å². The number of benzene rings is 8. The van der Waals surface area contributed by atoms with Crippen molar-refractivity contribution in [3.05, 3.63) is 274 Å². The maximum absolute atomic E-state index is 2.69. The van der Waals surface area contributed by atoms with Crippen LogP contribution in [0.3, 0.4) is 0 Å². The quantitative estimate of drug-likeness (QED) is 0.164. The van der Waals surface area contributed by atoms with Crippen LogP contribution in [-0.2, 0) is 27.1 Å². The number of anilines is 6. The van der Waals surface area contributed by atoms with Crippen molar-refractivity contribution in [3.63, 3.8) is 0 Å². The molecule has 0 fully saturated rings. The van der Waals surface area contributed by atoms with E-state index < -0.39 is 5.41 Å². The van der Waals surface area contributed by atoms with E-state index in [1.165, 1.54) is 77.9 Å². The number of fused-ring (bicyclic) bond motifs is 16. The van der Waals surface area contributed by atoms with Gasteiger partial charge in [-0.2, -0.15) is 0 Å². The average Bonchev–Trinajstić information content (AvgIpc) is 2.30. The molecule has 4 unspecified atom stereocenters. The molecular formula is C77H76N2. The lowest BCUT2D eigenvalue weighted by atomic mass is 9.60. The predicted octanol–water partition coefficient (Wildman–Crippen LogP) is 20.8. The molecule has 0 radical (unpaired) electrons. The van der Waals surface area contributed by atoms with E-state index in [9.17, 15) is 0 Å². The lowest BCUT2D eigenvalue weighted by Gasteiger charge is -2.43. The topological polar surface area (TPSA) is 6.48 Å². The second-order valence-corrected chi connectivity index (χ2v) is 27.4. The number of rotatable bonds is 6. The van der Waals surface area contributed by atoms with Crippen LogP contribution >= 0.6 is 0 Å². The van der Waals surface area contributed by atoms with E-state index in [2.05, 4.69) is 311 Å². The molecule has 79 heavy (non-hydrogen) atoms. The monoisotopic (exact) mass is 1030 g/mol. The van der Waals surface area contributed by atoms with E-state index in [0.29, 0.717) is 17.8 Å². The van der Waals surface area contributed by atoms with Crippen molar-refractivity contribution in [2.45, 2.75) is 122 Å². The van der Waals surface area contributed by atoms with Gasteiger partial charge in [-0.3, -0.25) is 0 Å². The van der Waals surface area contributed by atoms with Crippen molar-refractivity contribution in [3.8, 4) is 22.3 Å². The summed E-state index contributed by atoms with van der Waals surface area (Å²) in [5, 5.41) is 0. The lowest BCUT2D eigenvalue weighted by molar-refractivity contribution is 0.370.